The molecule has 0 radical (unpaired) electrons. The highest BCUT2D eigenvalue weighted by Crippen LogP contribution is 2.16. The summed E-state index contributed by atoms with van der Waals surface area (Å²) in [6.45, 7) is 2.71. The van der Waals surface area contributed by atoms with Crippen LogP contribution in [0.15, 0.2) is 24.3 Å². The van der Waals surface area contributed by atoms with Gasteiger partial charge in [0, 0.05) is 0 Å². The first-order valence-electron chi connectivity index (χ1n) is 12.8. The van der Waals surface area contributed by atoms with Gasteiger partial charge in [0.05, 0.1) is 17.9 Å². The molecule has 0 saturated carbocycles. The third-order valence-corrected chi connectivity index (χ3v) is 5.84. The molecule has 0 bridgehead atoms. The highest BCUT2D eigenvalue weighted by atomic mass is 16.5. The summed E-state index contributed by atoms with van der Waals surface area (Å²) in [5.41, 5.74) is 0.895. The first-order valence-corrected chi connectivity index (χ1v) is 12.8. The van der Waals surface area contributed by atoms with Gasteiger partial charge in [-0.15, -0.1) is 0 Å². The van der Waals surface area contributed by atoms with Crippen molar-refractivity contribution in [3.8, 4) is 0 Å². The molecule has 0 aliphatic rings. The third-order valence-electron chi connectivity index (χ3n) is 5.84. The molecule has 31 heavy (non-hydrogen) atoms. The number of rotatable bonds is 21. The van der Waals surface area contributed by atoms with Crippen molar-refractivity contribution >= 4 is 18.1 Å². The minimum atomic E-state index is -0.374. The van der Waals surface area contributed by atoms with E-state index in [1.54, 1.807) is 24.3 Å². The number of carbonyl (C=O) groups excluding carboxylic acids is 2. The van der Waals surface area contributed by atoms with Crippen LogP contribution in [-0.4, -0.2) is 19.0 Å². The summed E-state index contributed by atoms with van der Waals surface area (Å²) in [7, 11) is 0. The molecule has 0 aliphatic carbocycles. The van der Waals surface area contributed by atoms with Gasteiger partial charge in [-0.3, -0.25) is 4.79 Å². The largest absolute Gasteiger partial charge is 0.462 e. The number of esters is 1. The summed E-state index contributed by atoms with van der Waals surface area (Å²) in [6, 6.07) is 6.91. The van der Waals surface area contributed by atoms with Crippen LogP contribution in [0.25, 0.3) is 0 Å². The van der Waals surface area contributed by atoms with Gasteiger partial charge < -0.3 is 10.1 Å². The van der Waals surface area contributed by atoms with Crippen LogP contribution in [0.1, 0.15) is 126 Å². The number of ether oxygens (including phenoxy) is 1. The molecule has 1 N–H and O–H groups in total. The first kappa shape index (κ1) is 27.2. The zero-order chi connectivity index (χ0) is 22.4. The van der Waals surface area contributed by atoms with Gasteiger partial charge in [-0.25, -0.2) is 4.79 Å². The number of amides is 1. The molecule has 0 atom stereocenters. The molecule has 0 saturated heterocycles. The molecule has 1 aromatic rings. The van der Waals surface area contributed by atoms with E-state index in [0.717, 1.165) is 12.8 Å². The second kappa shape index (κ2) is 20.1. The predicted molar refractivity (Wildman–Crippen MR) is 131 cm³/mol. The van der Waals surface area contributed by atoms with Gasteiger partial charge in [0.1, 0.15) is 0 Å². The van der Waals surface area contributed by atoms with Gasteiger partial charge >= 0.3 is 5.97 Å². The van der Waals surface area contributed by atoms with E-state index in [2.05, 4.69) is 12.2 Å². The van der Waals surface area contributed by atoms with Gasteiger partial charge in [-0.05, 0) is 18.6 Å². The summed E-state index contributed by atoms with van der Waals surface area (Å²) < 4.78 is 5.34. The van der Waals surface area contributed by atoms with E-state index in [-0.39, 0.29) is 5.97 Å². The highest BCUT2D eigenvalue weighted by Gasteiger charge is 2.11. The molecule has 1 aromatic carbocycles. The van der Waals surface area contributed by atoms with Crippen molar-refractivity contribution in [3.05, 3.63) is 29.8 Å². The third kappa shape index (κ3) is 14.7. The molecule has 0 fully saturated rings. The zero-order valence-corrected chi connectivity index (χ0v) is 19.8. The van der Waals surface area contributed by atoms with Gasteiger partial charge in [-0.2, -0.15) is 0 Å². The van der Waals surface area contributed by atoms with Gasteiger partial charge in [-0.1, -0.05) is 122 Å². The number of anilines is 1. The zero-order valence-electron chi connectivity index (χ0n) is 19.8. The average Bonchev–Trinajstić information content (AvgIpc) is 2.78. The number of hydrogen-bond donors (Lipinski definition) is 1. The number of hydrogen-bond acceptors (Lipinski definition) is 3. The minimum Gasteiger partial charge on any atom is -0.462 e. The quantitative estimate of drug-likeness (QED) is 0.122. The highest BCUT2D eigenvalue weighted by molar-refractivity contribution is 5.97. The summed E-state index contributed by atoms with van der Waals surface area (Å²) in [5, 5.41) is 2.54. The topological polar surface area (TPSA) is 55.4 Å². The van der Waals surface area contributed by atoms with Crippen molar-refractivity contribution in [2.24, 2.45) is 0 Å². The molecule has 0 heterocycles. The van der Waals surface area contributed by atoms with Crippen LogP contribution in [0.3, 0.4) is 0 Å². The fourth-order valence-electron chi connectivity index (χ4n) is 3.92. The van der Waals surface area contributed by atoms with E-state index in [0.29, 0.717) is 24.3 Å². The number of para-hydroxylation sites is 1. The number of nitrogens with one attached hydrogen (secondary N) is 1. The second-order valence-electron chi connectivity index (χ2n) is 8.60. The lowest BCUT2D eigenvalue weighted by atomic mass is 10.0. The van der Waals surface area contributed by atoms with Gasteiger partial charge in [0.15, 0.2) is 0 Å². The van der Waals surface area contributed by atoms with Gasteiger partial charge in [0.25, 0.3) is 0 Å². The molecular weight excluding hydrogens is 386 g/mol. The van der Waals surface area contributed by atoms with Crippen molar-refractivity contribution in [1.29, 1.82) is 0 Å². The van der Waals surface area contributed by atoms with Crippen LogP contribution in [0.2, 0.25) is 0 Å². The number of benzene rings is 1. The van der Waals surface area contributed by atoms with Crippen LogP contribution >= 0.6 is 0 Å². The van der Waals surface area contributed by atoms with Crippen LogP contribution < -0.4 is 5.32 Å². The molecule has 4 nitrogen and oxygen atoms in total. The molecule has 0 spiro atoms. The Bertz CT molecular complexity index is 573. The standard InChI is InChI=1S/C27H45NO3/c1-2-3-4-5-6-7-8-9-10-11-12-13-14-15-16-17-20-23-31-27(30)25-21-18-19-22-26(25)28-24-29/h18-19,21-22,24H,2-17,20,23H2,1H3,(H,28,29). The molecule has 0 aliphatic heterocycles. The number of unbranched alkanes of at least 4 members (excludes halogenated alkanes) is 16. The Morgan fingerprint density at radius 2 is 1.19 bits per heavy atom. The van der Waals surface area contributed by atoms with Crippen molar-refractivity contribution in [2.75, 3.05) is 11.9 Å². The fraction of sp³-hybridized carbons (Fsp3) is 0.704. The minimum absolute atomic E-state index is 0.374. The normalized spacial score (nSPS) is 10.7. The van der Waals surface area contributed by atoms with Crippen LogP contribution in [0.4, 0.5) is 5.69 Å². The molecule has 176 valence electrons. The Labute approximate surface area is 190 Å². The van der Waals surface area contributed by atoms with Crippen molar-refractivity contribution < 1.29 is 14.3 Å². The van der Waals surface area contributed by atoms with E-state index in [4.69, 9.17) is 4.74 Å². The summed E-state index contributed by atoms with van der Waals surface area (Å²) >= 11 is 0. The molecule has 0 unspecified atom stereocenters. The SMILES string of the molecule is CCCCCCCCCCCCCCCCCCCOC(=O)c1ccccc1NC=O. The Morgan fingerprint density at radius 3 is 1.68 bits per heavy atom. The Morgan fingerprint density at radius 1 is 0.742 bits per heavy atom. The second-order valence-corrected chi connectivity index (χ2v) is 8.60. The Kier molecular flexibility index (Phi) is 17.6. The van der Waals surface area contributed by atoms with Crippen LogP contribution in [0, 0.1) is 0 Å². The fourth-order valence-corrected chi connectivity index (χ4v) is 3.92. The molecule has 4 heteroatoms. The van der Waals surface area contributed by atoms with Crippen LogP contribution in [0.5, 0.6) is 0 Å². The summed E-state index contributed by atoms with van der Waals surface area (Å²) in [6.07, 6.45) is 23.2. The summed E-state index contributed by atoms with van der Waals surface area (Å²) in [5.74, 6) is -0.374. The number of carbonyl (C=O) groups is 2. The first-order chi connectivity index (χ1) is 15.3. The van der Waals surface area contributed by atoms with Crippen molar-refractivity contribution in [1.82, 2.24) is 0 Å². The monoisotopic (exact) mass is 431 g/mol. The predicted octanol–water partition coefficient (Wildman–Crippen LogP) is 8.06. The maximum absolute atomic E-state index is 12.1. The maximum atomic E-state index is 12.1. The van der Waals surface area contributed by atoms with E-state index in [9.17, 15) is 9.59 Å². The molecule has 1 rings (SSSR count). The van der Waals surface area contributed by atoms with Crippen molar-refractivity contribution in [2.45, 2.75) is 116 Å². The maximum Gasteiger partial charge on any atom is 0.340 e. The van der Waals surface area contributed by atoms with E-state index in [1.807, 2.05) is 0 Å². The van der Waals surface area contributed by atoms with Gasteiger partial charge in [0.2, 0.25) is 6.41 Å². The lowest BCUT2D eigenvalue weighted by Gasteiger charge is -2.08. The molecular formula is C27H45NO3. The molecule has 1 amide bonds. The molecule has 0 aromatic heterocycles. The van der Waals surface area contributed by atoms with E-state index in [1.165, 1.54) is 96.3 Å². The Hall–Kier alpha value is -1.84. The lowest BCUT2D eigenvalue weighted by molar-refractivity contribution is -0.105. The van der Waals surface area contributed by atoms with E-state index < -0.39 is 0 Å². The van der Waals surface area contributed by atoms with Crippen LogP contribution in [-0.2, 0) is 9.53 Å². The average molecular weight is 432 g/mol. The lowest BCUT2D eigenvalue weighted by Crippen LogP contribution is -2.10. The Balaban J connectivity index is 1.86. The van der Waals surface area contributed by atoms with E-state index >= 15 is 0 Å². The summed E-state index contributed by atoms with van der Waals surface area (Å²) in [4.78, 5) is 22.8. The van der Waals surface area contributed by atoms with Crippen molar-refractivity contribution in [3.63, 3.8) is 0 Å². The smallest absolute Gasteiger partial charge is 0.340 e.